The Hall–Kier alpha value is -3.86. The number of alkyl halides is 1. The number of carbonyl (C=O) groups excluding carboxylic acids is 3. The van der Waals surface area contributed by atoms with E-state index in [4.69, 9.17) is 16.3 Å². The molecule has 2 aliphatic heterocycles. The molecule has 1 amide bonds. The molecule has 3 unspecified atom stereocenters. The van der Waals surface area contributed by atoms with Crippen molar-refractivity contribution in [2.24, 2.45) is 0 Å². The first-order valence-electron chi connectivity index (χ1n) is 12.4. The van der Waals surface area contributed by atoms with Gasteiger partial charge in [-0.15, -0.1) is 11.6 Å². The number of pyridine rings is 1. The lowest BCUT2D eigenvalue weighted by Gasteiger charge is -2.39. The summed E-state index contributed by atoms with van der Waals surface area (Å²) in [5.41, 5.74) is 1.40. The van der Waals surface area contributed by atoms with Crippen molar-refractivity contribution in [1.82, 2.24) is 9.88 Å². The average molecular weight is 581 g/mol. The van der Waals surface area contributed by atoms with Gasteiger partial charge in [0.15, 0.2) is 33.1 Å². The van der Waals surface area contributed by atoms with Crippen LogP contribution in [0.4, 0.5) is 0 Å². The predicted molar refractivity (Wildman–Crippen MR) is 147 cm³/mol. The number of nitrogens with zero attached hydrogens (tertiary/aromatic N) is 2. The van der Waals surface area contributed by atoms with Crippen LogP contribution in [-0.4, -0.2) is 69.2 Å². The number of aliphatic hydroxyl groups excluding tert-OH is 1. The van der Waals surface area contributed by atoms with E-state index in [0.29, 0.717) is 16.8 Å². The maximum Gasteiger partial charge on any atom is 0.331 e. The monoisotopic (exact) mass is 580 g/mol. The molecule has 3 heterocycles. The van der Waals surface area contributed by atoms with Gasteiger partial charge < -0.3 is 14.7 Å². The van der Waals surface area contributed by atoms with Crippen molar-refractivity contribution in [2.75, 3.05) is 5.88 Å². The summed E-state index contributed by atoms with van der Waals surface area (Å²) in [7, 11) is -4.56. The number of Topliss-reactive ketones (excluding diaryl/α,β-unsaturated/α-hetero) is 1. The van der Waals surface area contributed by atoms with Crippen LogP contribution in [0.5, 0.6) is 0 Å². The van der Waals surface area contributed by atoms with Crippen LogP contribution < -0.4 is 0 Å². The zero-order chi connectivity index (χ0) is 28.7. The molecule has 11 heteroatoms. The van der Waals surface area contributed by atoms with Gasteiger partial charge >= 0.3 is 5.97 Å². The van der Waals surface area contributed by atoms with Crippen LogP contribution in [0.1, 0.15) is 29.8 Å². The Balaban J connectivity index is 1.60. The number of rotatable bonds is 8. The number of aromatic nitrogens is 1. The Labute approximate surface area is 236 Å². The molecule has 0 aliphatic carbocycles. The third kappa shape index (κ3) is 4.32. The Morgan fingerprint density at radius 3 is 2.15 bits per heavy atom. The van der Waals surface area contributed by atoms with Crippen LogP contribution >= 0.6 is 11.6 Å². The number of fused-ring (bicyclic) bond motifs is 1. The minimum Gasteiger partial charge on any atom is -0.451 e. The first kappa shape index (κ1) is 27.7. The van der Waals surface area contributed by atoms with Gasteiger partial charge in [-0.25, -0.2) is 13.2 Å². The molecular formula is C29H25ClN2O7S. The highest BCUT2D eigenvalue weighted by Gasteiger charge is 2.75. The number of amides is 1. The fourth-order valence-electron chi connectivity index (χ4n) is 5.25. The van der Waals surface area contributed by atoms with Crippen molar-refractivity contribution in [3.63, 3.8) is 0 Å². The quantitative estimate of drug-likeness (QED) is 0.186. The summed E-state index contributed by atoms with van der Waals surface area (Å²) < 4.78 is 31.5. The van der Waals surface area contributed by atoms with Gasteiger partial charge in [0.2, 0.25) is 0 Å². The standard InChI is InChI=1S/C29H25ClN2O7S/c1-29(25(34)22(33)17-30)24(28(36)39-23(18-10-4-2-5-11-18)19-12-6-3-7-13-19)32-26(35)21(27(32)40(29,37)38)16-20-14-8-9-15-31-20/h2-16,23-25,27,34H,17H2,1H3/b21-16-/t24-,25?,27?,29?/m0/s1. The molecule has 0 saturated carbocycles. The largest absolute Gasteiger partial charge is 0.451 e. The second-order valence-electron chi connectivity index (χ2n) is 9.69. The smallest absolute Gasteiger partial charge is 0.331 e. The first-order valence-corrected chi connectivity index (χ1v) is 14.5. The van der Waals surface area contributed by atoms with E-state index in [1.165, 1.54) is 12.3 Å². The molecule has 2 aromatic carbocycles. The second kappa shape index (κ2) is 10.6. The lowest BCUT2D eigenvalue weighted by molar-refractivity contribution is -0.162. The third-order valence-electron chi connectivity index (χ3n) is 7.36. The predicted octanol–water partition coefficient (Wildman–Crippen LogP) is 2.69. The van der Waals surface area contributed by atoms with Crippen LogP contribution in [0.15, 0.2) is 90.6 Å². The van der Waals surface area contributed by atoms with Crippen LogP contribution in [-0.2, 0) is 29.0 Å². The van der Waals surface area contributed by atoms with Crippen LogP contribution in [0.3, 0.4) is 0 Å². The van der Waals surface area contributed by atoms with Gasteiger partial charge in [0, 0.05) is 6.20 Å². The number of aliphatic hydroxyl groups is 1. The fourth-order valence-corrected chi connectivity index (χ4v) is 7.86. The van der Waals surface area contributed by atoms with E-state index >= 15 is 0 Å². The molecule has 1 aromatic heterocycles. The summed E-state index contributed by atoms with van der Waals surface area (Å²) in [4.78, 5) is 44.9. The van der Waals surface area contributed by atoms with Crippen LogP contribution in [0.25, 0.3) is 6.08 Å². The number of esters is 1. The first-order chi connectivity index (χ1) is 19.1. The number of sulfone groups is 1. The van der Waals surface area contributed by atoms with Gasteiger partial charge in [-0.05, 0) is 36.3 Å². The molecular weight excluding hydrogens is 556 g/mol. The van der Waals surface area contributed by atoms with Gasteiger partial charge in [-0.2, -0.15) is 0 Å². The summed E-state index contributed by atoms with van der Waals surface area (Å²) in [6, 6.07) is 20.7. The van der Waals surface area contributed by atoms with Crippen molar-refractivity contribution in [3.05, 3.63) is 107 Å². The normalized spacial score (nSPS) is 24.9. The number of hydrogen-bond acceptors (Lipinski definition) is 8. The number of halogens is 1. The second-order valence-corrected chi connectivity index (χ2v) is 12.4. The molecule has 2 saturated heterocycles. The molecule has 0 spiro atoms. The highest BCUT2D eigenvalue weighted by molar-refractivity contribution is 7.94. The van der Waals surface area contributed by atoms with Crippen molar-refractivity contribution in [1.29, 1.82) is 0 Å². The van der Waals surface area contributed by atoms with Gasteiger partial charge in [0.25, 0.3) is 5.91 Å². The van der Waals surface area contributed by atoms with Crippen LogP contribution in [0.2, 0.25) is 0 Å². The van der Waals surface area contributed by atoms with Crippen molar-refractivity contribution < 1.29 is 32.6 Å². The lowest BCUT2D eigenvalue weighted by atomic mass is 9.88. The fraction of sp³-hybridized carbons (Fsp3) is 0.241. The van der Waals surface area contributed by atoms with E-state index in [1.54, 1.807) is 78.9 Å². The highest BCUT2D eigenvalue weighted by Crippen LogP contribution is 2.51. The molecule has 40 heavy (non-hydrogen) atoms. The maximum absolute atomic E-state index is 14.0. The van der Waals surface area contributed by atoms with Crippen molar-refractivity contribution in [3.8, 4) is 0 Å². The zero-order valence-electron chi connectivity index (χ0n) is 21.3. The number of β-lactam (4-membered cyclic amide) rings is 1. The van der Waals surface area contributed by atoms with E-state index in [9.17, 15) is 27.9 Å². The third-order valence-corrected chi connectivity index (χ3v) is 10.4. The average Bonchev–Trinajstić information content (AvgIpc) is 3.15. The molecule has 2 aliphatic rings. The van der Waals surface area contributed by atoms with Crippen LogP contribution in [0, 0.1) is 0 Å². The van der Waals surface area contributed by atoms with E-state index in [2.05, 4.69) is 4.98 Å². The highest BCUT2D eigenvalue weighted by atomic mass is 35.5. The minimum absolute atomic E-state index is 0.131. The summed E-state index contributed by atoms with van der Waals surface area (Å²) in [6.45, 7) is 1.08. The summed E-state index contributed by atoms with van der Waals surface area (Å²) in [5, 5.41) is 9.45. The van der Waals surface area contributed by atoms with E-state index in [1.807, 2.05) is 0 Å². The van der Waals surface area contributed by atoms with E-state index in [-0.39, 0.29) is 5.57 Å². The van der Waals surface area contributed by atoms with Gasteiger partial charge in [-0.1, -0.05) is 66.7 Å². The summed E-state index contributed by atoms with van der Waals surface area (Å²) in [6.07, 6.45) is -0.353. The number of carbonyl (C=O) groups is 3. The maximum atomic E-state index is 14.0. The lowest BCUT2D eigenvalue weighted by Crippen LogP contribution is -2.62. The Kier molecular flexibility index (Phi) is 7.34. The molecule has 0 radical (unpaired) electrons. The Bertz CT molecular complexity index is 1540. The van der Waals surface area contributed by atoms with Crippen molar-refractivity contribution >= 4 is 45.2 Å². The number of hydrogen-bond donors (Lipinski definition) is 1. The van der Waals surface area contributed by atoms with Gasteiger partial charge in [0.1, 0.15) is 10.9 Å². The Morgan fingerprint density at radius 1 is 1.05 bits per heavy atom. The summed E-state index contributed by atoms with van der Waals surface area (Å²) >= 11 is 5.68. The number of ketones is 1. The molecule has 9 nitrogen and oxygen atoms in total. The molecule has 5 rings (SSSR count). The molecule has 3 aromatic rings. The molecule has 0 bridgehead atoms. The minimum atomic E-state index is -4.56. The van der Waals surface area contributed by atoms with Crippen molar-refractivity contribution in [2.45, 2.75) is 35.3 Å². The zero-order valence-corrected chi connectivity index (χ0v) is 22.8. The number of benzene rings is 2. The number of ether oxygens (including phenoxy) is 1. The molecule has 1 N–H and O–H groups in total. The van der Waals surface area contributed by atoms with E-state index < -0.39 is 61.7 Å². The molecule has 2 fully saturated rings. The molecule has 4 atom stereocenters. The Morgan fingerprint density at radius 2 is 1.62 bits per heavy atom. The van der Waals surface area contributed by atoms with Gasteiger partial charge in [-0.3, -0.25) is 14.6 Å². The SMILES string of the molecule is CC1(C(O)C(=O)CCl)[C@H](C(=O)OC(c2ccccc2)c2ccccc2)N2C(=O)/C(=C/c3ccccn3)C2S1(=O)=O. The molecule has 206 valence electrons. The topological polar surface area (TPSA) is 131 Å². The van der Waals surface area contributed by atoms with E-state index in [0.717, 1.165) is 11.8 Å². The van der Waals surface area contributed by atoms with Gasteiger partial charge in [0.05, 0.1) is 17.1 Å². The summed E-state index contributed by atoms with van der Waals surface area (Å²) in [5.74, 6) is -3.53.